The summed E-state index contributed by atoms with van der Waals surface area (Å²) < 4.78 is 0. The number of thiazole rings is 1. The molecule has 2 aromatic heterocycles. The van der Waals surface area contributed by atoms with Crippen LogP contribution in [0.5, 0.6) is 0 Å². The monoisotopic (exact) mass is 394 g/mol. The second-order valence-corrected chi connectivity index (χ2v) is 9.56. The van der Waals surface area contributed by atoms with E-state index in [-0.39, 0.29) is 5.91 Å². The molecule has 1 aromatic carbocycles. The molecular formula is C22H22N2OS2. The Hall–Kier alpha value is -1.98. The molecular weight excluding hydrogens is 372 g/mol. The topological polar surface area (TPSA) is 33.2 Å². The third-order valence-electron chi connectivity index (χ3n) is 5.24. The van der Waals surface area contributed by atoms with E-state index in [0.29, 0.717) is 12.5 Å². The van der Waals surface area contributed by atoms with Gasteiger partial charge in [0.05, 0.1) is 17.0 Å². The summed E-state index contributed by atoms with van der Waals surface area (Å²) >= 11 is 3.36. The molecule has 0 bridgehead atoms. The van der Waals surface area contributed by atoms with E-state index in [9.17, 15) is 4.79 Å². The lowest BCUT2D eigenvalue weighted by Crippen LogP contribution is -2.35. The molecule has 2 aliphatic carbocycles. The van der Waals surface area contributed by atoms with Crippen LogP contribution in [0.3, 0.4) is 0 Å². The predicted octanol–water partition coefficient (Wildman–Crippen LogP) is 5.48. The van der Waals surface area contributed by atoms with Gasteiger partial charge < -0.3 is 4.90 Å². The molecule has 0 N–H and O–H groups in total. The highest BCUT2D eigenvalue weighted by Crippen LogP contribution is 2.38. The molecule has 2 saturated carbocycles. The predicted molar refractivity (Wildman–Crippen MR) is 112 cm³/mol. The van der Waals surface area contributed by atoms with E-state index in [1.807, 2.05) is 18.2 Å². The summed E-state index contributed by atoms with van der Waals surface area (Å²) in [5.41, 5.74) is 2.11. The molecule has 1 amide bonds. The SMILES string of the molecule is O=C(Cc1sc(-c2ccccc2)nc1-c1cccs1)N(CC1CC1)C1CC1. The van der Waals surface area contributed by atoms with Crippen molar-refractivity contribution in [3.8, 4) is 21.1 Å². The second-order valence-electron chi connectivity index (χ2n) is 7.53. The lowest BCUT2D eigenvalue weighted by molar-refractivity contribution is -0.131. The van der Waals surface area contributed by atoms with Crippen molar-refractivity contribution in [1.82, 2.24) is 9.88 Å². The van der Waals surface area contributed by atoms with Gasteiger partial charge in [0.15, 0.2) is 0 Å². The number of aromatic nitrogens is 1. The van der Waals surface area contributed by atoms with E-state index >= 15 is 0 Å². The first-order valence-corrected chi connectivity index (χ1v) is 11.4. The maximum Gasteiger partial charge on any atom is 0.228 e. The molecule has 0 unspecified atom stereocenters. The van der Waals surface area contributed by atoms with Crippen LogP contribution in [0.25, 0.3) is 21.1 Å². The number of rotatable bonds is 7. The van der Waals surface area contributed by atoms with Gasteiger partial charge in [-0.25, -0.2) is 4.98 Å². The average molecular weight is 395 g/mol. The van der Waals surface area contributed by atoms with Gasteiger partial charge in [0.2, 0.25) is 5.91 Å². The molecule has 0 spiro atoms. The molecule has 0 aliphatic heterocycles. The number of nitrogens with zero attached hydrogens (tertiary/aromatic N) is 2. The van der Waals surface area contributed by atoms with Crippen LogP contribution < -0.4 is 0 Å². The van der Waals surface area contributed by atoms with Gasteiger partial charge in [0.25, 0.3) is 0 Å². The van der Waals surface area contributed by atoms with Gasteiger partial charge in [0, 0.05) is 23.0 Å². The van der Waals surface area contributed by atoms with Gasteiger partial charge in [-0.05, 0) is 43.0 Å². The van der Waals surface area contributed by atoms with Crippen molar-refractivity contribution < 1.29 is 4.79 Å². The first-order chi connectivity index (χ1) is 13.3. The normalized spacial score (nSPS) is 16.4. The fourth-order valence-corrected chi connectivity index (χ4v) is 5.32. The fraction of sp³-hybridized carbons (Fsp3) is 0.364. The van der Waals surface area contributed by atoms with E-state index in [2.05, 4.69) is 34.5 Å². The summed E-state index contributed by atoms with van der Waals surface area (Å²) in [5, 5.41) is 3.08. The Morgan fingerprint density at radius 2 is 1.89 bits per heavy atom. The molecule has 0 saturated heterocycles. The van der Waals surface area contributed by atoms with Crippen LogP contribution in [0.4, 0.5) is 0 Å². The molecule has 0 radical (unpaired) electrons. The maximum atomic E-state index is 13.1. The summed E-state index contributed by atoms with van der Waals surface area (Å²) in [6.07, 6.45) is 5.40. The average Bonchev–Trinajstić information content (AvgIpc) is 3.60. The van der Waals surface area contributed by atoms with Gasteiger partial charge in [-0.15, -0.1) is 22.7 Å². The van der Waals surface area contributed by atoms with Crippen LogP contribution >= 0.6 is 22.7 Å². The van der Waals surface area contributed by atoms with E-state index in [1.54, 1.807) is 22.7 Å². The van der Waals surface area contributed by atoms with Crippen LogP contribution in [0.1, 0.15) is 30.6 Å². The van der Waals surface area contributed by atoms with E-state index < -0.39 is 0 Å². The minimum absolute atomic E-state index is 0.283. The van der Waals surface area contributed by atoms with Crippen molar-refractivity contribution in [2.75, 3.05) is 6.54 Å². The molecule has 0 atom stereocenters. The van der Waals surface area contributed by atoms with Crippen molar-refractivity contribution in [3.63, 3.8) is 0 Å². The van der Waals surface area contributed by atoms with E-state index in [1.165, 1.54) is 25.7 Å². The Morgan fingerprint density at radius 1 is 1.07 bits per heavy atom. The van der Waals surface area contributed by atoms with Crippen molar-refractivity contribution in [3.05, 3.63) is 52.7 Å². The van der Waals surface area contributed by atoms with Gasteiger partial charge in [-0.3, -0.25) is 4.79 Å². The van der Waals surface area contributed by atoms with E-state index in [0.717, 1.165) is 38.5 Å². The number of hydrogen-bond donors (Lipinski definition) is 0. The molecule has 27 heavy (non-hydrogen) atoms. The Balaban J connectivity index is 1.45. The highest BCUT2D eigenvalue weighted by atomic mass is 32.1. The molecule has 2 fully saturated rings. The quantitative estimate of drug-likeness (QED) is 0.531. The highest BCUT2D eigenvalue weighted by molar-refractivity contribution is 7.17. The zero-order chi connectivity index (χ0) is 18.2. The summed E-state index contributed by atoms with van der Waals surface area (Å²) in [7, 11) is 0. The van der Waals surface area contributed by atoms with Crippen LogP contribution in [0.15, 0.2) is 47.8 Å². The molecule has 2 aliphatic rings. The molecule has 3 nitrogen and oxygen atoms in total. The minimum atomic E-state index is 0.283. The summed E-state index contributed by atoms with van der Waals surface area (Å²) in [5.74, 6) is 1.03. The van der Waals surface area contributed by atoms with E-state index in [4.69, 9.17) is 4.98 Å². The molecule has 5 rings (SSSR count). The van der Waals surface area contributed by atoms with Crippen molar-refractivity contribution in [1.29, 1.82) is 0 Å². The van der Waals surface area contributed by atoms with Gasteiger partial charge in [0.1, 0.15) is 5.01 Å². The minimum Gasteiger partial charge on any atom is -0.339 e. The summed E-state index contributed by atoms with van der Waals surface area (Å²) in [6, 6.07) is 14.9. The Morgan fingerprint density at radius 3 is 2.56 bits per heavy atom. The number of amides is 1. The van der Waals surface area contributed by atoms with Crippen molar-refractivity contribution in [2.24, 2.45) is 5.92 Å². The summed E-state index contributed by atoms with van der Waals surface area (Å²) in [6.45, 7) is 0.960. The zero-order valence-corrected chi connectivity index (χ0v) is 16.8. The van der Waals surface area contributed by atoms with Crippen LogP contribution in [0.2, 0.25) is 0 Å². The number of carbonyl (C=O) groups is 1. The Kier molecular flexibility index (Phi) is 4.58. The highest BCUT2D eigenvalue weighted by Gasteiger charge is 2.36. The van der Waals surface area contributed by atoms with Crippen LogP contribution in [-0.2, 0) is 11.2 Å². The molecule has 138 valence electrons. The second kappa shape index (κ2) is 7.21. The van der Waals surface area contributed by atoms with Gasteiger partial charge >= 0.3 is 0 Å². The number of hydrogen-bond acceptors (Lipinski definition) is 4. The van der Waals surface area contributed by atoms with Crippen LogP contribution in [0, 0.1) is 5.92 Å². The zero-order valence-electron chi connectivity index (χ0n) is 15.1. The van der Waals surface area contributed by atoms with Crippen molar-refractivity contribution in [2.45, 2.75) is 38.1 Å². The lowest BCUT2D eigenvalue weighted by Gasteiger charge is -2.22. The fourth-order valence-electron chi connectivity index (χ4n) is 3.44. The van der Waals surface area contributed by atoms with Crippen molar-refractivity contribution >= 4 is 28.6 Å². The standard InChI is InChI=1S/C22H22N2OS2/c25-20(24(17-10-11-17)14-15-8-9-15)13-19-21(18-7-4-12-26-18)23-22(27-19)16-5-2-1-3-6-16/h1-7,12,15,17H,8-11,13-14H2. The third-order valence-corrected chi connectivity index (χ3v) is 7.23. The molecule has 3 aromatic rings. The smallest absolute Gasteiger partial charge is 0.228 e. The first-order valence-electron chi connectivity index (χ1n) is 9.66. The number of thiophene rings is 1. The Labute approximate surface area is 167 Å². The van der Waals surface area contributed by atoms with Crippen LogP contribution in [-0.4, -0.2) is 28.4 Å². The third kappa shape index (κ3) is 3.85. The Bertz CT molecular complexity index is 925. The summed E-state index contributed by atoms with van der Waals surface area (Å²) in [4.78, 5) is 22.5. The first kappa shape index (κ1) is 17.1. The maximum absolute atomic E-state index is 13.1. The van der Waals surface area contributed by atoms with Gasteiger partial charge in [-0.1, -0.05) is 36.4 Å². The molecule has 2 heterocycles. The number of benzene rings is 1. The largest absolute Gasteiger partial charge is 0.339 e. The number of carbonyl (C=O) groups excluding carboxylic acids is 1. The lowest BCUT2D eigenvalue weighted by atomic mass is 10.2. The molecule has 5 heteroatoms. The van der Waals surface area contributed by atoms with Gasteiger partial charge in [-0.2, -0.15) is 0 Å².